The van der Waals surface area contributed by atoms with Crippen molar-refractivity contribution in [2.24, 2.45) is 0 Å². The molecule has 132 valence electrons. The van der Waals surface area contributed by atoms with Crippen LogP contribution in [-0.2, 0) is 24.5 Å². The third-order valence-corrected chi connectivity index (χ3v) is 5.14. The fraction of sp³-hybridized carbons (Fsp3) is 0.250. The first kappa shape index (κ1) is 16.9. The Morgan fingerprint density at radius 1 is 0.808 bits per heavy atom. The fourth-order valence-corrected chi connectivity index (χ4v) is 3.57. The molecule has 0 aromatic heterocycles. The fourth-order valence-electron chi connectivity index (χ4n) is 3.57. The van der Waals surface area contributed by atoms with Crippen LogP contribution in [0.1, 0.15) is 42.0 Å². The Hall–Kier alpha value is -2.58. The molecule has 0 radical (unpaired) electrons. The highest BCUT2D eigenvalue weighted by Crippen LogP contribution is 2.31. The van der Waals surface area contributed by atoms with Crippen molar-refractivity contribution in [3.8, 4) is 0 Å². The van der Waals surface area contributed by atoms with Gasteiger partial charge in [0.2, 0.25) is 0 Å². The van der Waals surface area contributed by atoms with Crippen molar-refractivity contribution in [1.29, 1.82) is 0 Å². The summed E-state index contributed by atoms with van der Waals surface area (Å²) >= 11 is 0. The summed E-state index contributed by atoms with van der Waals surface area (Å²) < 4.78 is 5.67. The van der Waals surface area contributed by atoms with E-state index >= 15 is 0 Å². The van der Waals surface area contributed by atoms with E-state index in [2.05, 4.69) is 91.5 Å². The number of nitrogens with zero attached hydrogens (tertiary/aromatic N) is 1. The largest absolute Gasteiger partial charge is 0.372 e. The van der Waals surface area contributed by atoms with E-state index in [0.29, 0.717) is 5.92 Å². The van der Waals surface area contributed by atoms with Crippen LogP contribution in [0.15, 0.2) is 72.8 Å². The summed E-state index contributed by atoms with van der Waals surface area (Å²) in [5.41, 5.74) is 7.82. The molecule has 1 aliphatic rings. The van der Waals surface area contributed by atoms with Crippen molar-refractivity contribution < 1.29 is 4.74 Å². The van der Waals surface area contributed by atoms with Crippen LogP contribution in [0.3, 0.4) is 0 Å². The molecule has 2 nitrogen and oxygen atoms in total. The van der Waals surface area contributed by atoms with E-state index in [0.717, 1.165) is 19.8 Å². The van der Waals surface area contributed by atoms with Crippen molar-refractivity contribution in [1.82, 2.24) is 0 Å². The van der Waals surface area contributed by atoms with Gasteiger partial charge in [-0.2, -0.15) is 0 Å². The van der Waals surface area contributed by atoms with Gasteiger partial charge in [-0.25, -0.2) is 0 Å². The van der Waals surface area contributed by atoms with Gasteiger partial charge < -0.3 is 9.64 Å². The maximum absolute atomic E-state index is 5.67. The predicted molar refractivity (Wildman–Crippen MR) is 108 cm³/mol. The molecule has 0 atom stereocenters. The molecular weight excluding hydrogens is 318 g/mol. The number of rotatable bonds is 5. The first-order chi connectivity index (χ1) is 12.7. The first-order valence-electron chi connectivity index (χ1n) is 9.32. The van der Waals surface area contributed by atoms with Gasteiger partial charge in [0, 0.05) is 17.9 Å². The van der Waals surface area contributed by atoms with Crippen LogP contribution in [-0.4, -0.2) is 0 Å². The highest BCUT2D eigenvalue weighted by molar-refractivity contribution is 5.64. The van der Waals surface area contributed by atoms with Gasteiger partial charge in [0.25, 0.3) is 0 Å². The molecule has 1 heterocycles. The van der Waals surface area contributed by atoms with E-state index in [9.17, 15) is 0 Å². The van der Waals surface area contributed by atoms with Gasteiger partial charge in [-0.3, -0.25) is 0 Å². The molecule has 3 aromatic carbocycles. The van der Waals surface area contributed by atoms with E-state index in [-0.39, 0.29) is 0 Å². The van der Waals surface area contributed by atoms with Crippen molar-refractivity contribution in [3.63, 3.8) is 0 Å². The summed E-state index contributed by atoms with van der Waals surface area (Å²) in [5.74, 6) is 0.545. The van der Waals surface area contributed by atoms with E-state index in [1.54, 1.807) is 0 Å². The molecule has 0 amide bonds. The summed E-state index contributed by atoms with van der Waals surface area (Å²) in [4.78, 5) is 2.39. The monoisotopic (exact) mass is 343 g/mol. The zero-order valence-corrected chi connectivity index (χ0v) is 15.5. The van der Waals surface area contributed by atoms with Crippen LogP contribution >= 0.6 is 0 Å². The molecule has 0 aliphatic carbocycles. The zero-order chi connectivity index (χ0) is 17.9. The quantitative estimate of drug-likeness (QED) is 0.548. The molecule has 4 rings (SSSR count). The van der Waals surface area contributed by atoms with Crippen LogP contribution in [0.5, 0.6) is 0 Å². The van der Waals surface area contributed by atoms with Crippen LogP contribution < -0.4 is 4.90 Å². The number of fused-ring (bicyclic) bond motifs is 1. The minimum absolute atomic E-state index is 0.545. The SMILES string of the molecule is CC(C)c1ccc(N(Cc2cccc3c2COC3)c2ccccc2)cc1. The van der Waals surface area contributed by atoms with E-state index in [4.69, 9.17) is 4.74 Å². The minimum Gasteiger partial charge on any atom is -0.372 e. The zero-order valence-electron chi connectivity index (χ0n) is 15.5. The molecule has 2 heteroatoms. The third kappa shape index (κ3) is 3.38. The molecule has 0 saturated heterocycles. The van der Waals surface area contributed by atoms with Gasteiger partial charge in [-0.05, 0) is 52.4 Å². The van der Waals surface area contributed by atoms with Gasteiger partial charge in [-0.1, -0.05) is 62.4 Å². The van der Waals surface area contributed by atoms with Crippen LogP contribution in [0.25, 0.3) is 0 Å². The van der Waals surface area contributed by atoms with Crippen molar-refractivity contribution in [2.45, 2.75) is 39.5 Å². The predicted octanol–water partition coefficient (Wildman–Crippen LogP) is 6.18. The Morgan fingerprint density at radius 3 is 2.27 bits per heavy atom. The Labute approximate surface area is 156 Å². The smallest absolute Gasteiger partial charge is 0.0728 e. The van der Waals surface area contributed by atoms with Gasteiger partial charge in [0.05, 0.1) is 13.2 Å². The lowest BCUT2D eigenvalue weighted by atomic mass is 10.0. The molecule has 0 saturated carbocycles. The van der Waals surface area contributed by atoms with Crippen molar-refractivity contribution in [2.75, 3.05) is 4.90 Å². The number of benzene rings is 3. The molecule has 0 fully saturated rings. The lowest BCUT2D eigenvalue weighted by Crippen LogP contribution is -2.17. The molecular formula is C24H25NO. The normalized spacial score (nSPS) is 13.0. The number of anilines is 2. The standard InChI is InChI=1S/C24H25NO/c1-18(2)19-11-13-23(14-12-19)25(22-9-4-3-5-10-22)15-20-7-6-8-21-16-26-17-24(20)21/h3-14,18H,15-17H2,1-2H3. The highest BCUT2D eigenvalue weighted by atomic mass is 16.5. The maximum atomic E-state index is 5.67. The molecule has 0 bridgehead atoms. The Kier molecular flexibility index (Phi) is 4.77. The lowest BCUT2D eigenvalue weighted by Gasteiger charge is -2.26. The van der Waals surface area contributed by atoms with Crippen LogP contribution in [0.2, 0.25) is 0 Å². The molecule has 26 heavy (non-hydrogen) atoms. The Balaban J connectivity index is 1.71. The van der Waals surface area contributed by atoms with Gasteiger partial charge >= 0.3 is 0 Å². The average Bonchev–Trinajstić information content (AvgIpc) is 3.16. The Morgan fingerprint density at radius 2 is 1.54 bits per heavy atom. The first-order valence-corrected chi connectivity index (χ1v) is 9.32. The van der Waals surface area contributed by atoms with Crippen molar-refractivity contribution >= 4 is 11.4 Å². The third-order valence-electron chi connectivity index (χ3n) is 5.14. The summed E-state index contributed by atoms with van der Waals surface area (Å²) in [6, 6.07) is 26.1. The second-order valence-corrected chi connectivity index (χ2v) is 7.22. The van der Waals surface area contributed by atoms with E-state index in [1.807, 2.05) is 0 Å². The van der Waals surface area contributed by atoms with Crippen molar-refractivity contribution in [3.05, 3.63) is 95.1 Å². The topological polar surface area (TPSA) is 12.5 Å². The molecule has 3 aromatic rings. The van der Waals surface area contributed by atoms with Gasteiger partial charge in [0.1, 0.15) is 0 Å². The molecule has 1 aliphatic heterocycles. The second kappa shape index (κ2) is 7.35. The second-order valence-electron chi connectivity index (χ2n) is 7.22. The molecule has 0 unspecified atom stereocenters. The number of para-hydroxylation sites is 1. The molecule has 0 N–H and O–H groups in total. The summed E-state index contributed by atoms with van der Waals surface area (Å²) in [5, 5.41) is 0. The lowest BCUT2D eigenvalue weighted by molar-refractivity contribution is 0.134. The Bertz CT molecular complexity index is 868. The van der Waals surface area contributed by atoms with E-state index in [1.165, 1.54) is 33.6 Å². The number of hydrogen-bond donors (Lipinski definition) is 0. The number of ether oxygens (including phenoxy) is 1. The van der Waals surface area contributed by atoms with Gasteiger partial charge in [0.15, 0.2) is 0 Å². The average molecular weight is 343 g/mol. The van der Waals surface area contributed by atoms with Crippen LogP contribution in [0, 0.1) is 0 Å². The van der Waals surface area contributed by atoms with Gasteiger partial charge in [-0.15, -0.1) is 0 Å². The maximum Gasteiger partial charge on any atom is 0.0728 e. The minimum atomic E-state index is 0.545. The summed E-state index contributed by atoms with van der Waals surface area (Å²) in [6.07, 6.45) is 0. The number of hydrogen-bond acceptors (Lipinski definition) is 2. The summed E-state index contributed by atoms with van der Waals surface area (Å²) in [6.45, 7) is 6.77. The highest BCUT2D eigenvalue weighted by Gasteiger charge is 2.18. The van der Waals surface area contributed by atoms with E-state index < -0.39 is 0 Å². The summed E-state index contributed by atoms with van der Waals surface area (Å²) in [7, 11) is 0. The molecule has 0 spiro atoms. The van der Waals surface area contributed by atoms with Crippen LogP contribution in [0.4, 0.5) is 11.4 Å².